The Hall–Kier alpha value is -6.34. The van der Waals surface area contributed by atoms with Gasteiger partial charge in [-0.05, 0) is 35.6 Å². The number of aliphatic carboxylic acids is 1. The van der Waals surface area contributed by atoms with E-state index >= 15 is 0 Å². The Labute approximate surface area is 336 Å². The van der Waals surface area contributed by atoms with Gasteiger partial charge in [-0.2, -0.15) is 23.1 Å². The third kappa shape index (κ3) is 10.6. The van der Waals surface area contributed by atoms with Crippen molar-refractivity contribution in [2.24, 2.45) is 0 Å². The molecule has 1 saturated heterocycles. The van der Waals surface area contributed by atoms with E-state index in [1.165, 1.54) is 0 Å². The average Bonchev–Trinajstić information content (AvgIpc) is 3.96. The number of anilines is 2. The molecule has 7 N–H and O–H groups in total. The Morgan fingerprint density at radius 2 is 1.61 bits per heavy atom. The molecular weight excluding hydrogens is 773 g/mol. The number of aliphatic hydroxyl groups excluding tert-OH is 2. The van der Waals surface area contributed by atoms with Crippen LogP contribution in [0.3, 0.4) is 0 Å². The lowest BCUT2D eigenvalue weighted by Crippen LogP contribution is -2.43. The van der Waals surface area contributed by atoms with Crippen LogP contribution < -0.4 is 26.2 Å². The van der Waals surface area contributed by atoms with Crippen molar-refractivity contribution in [3.63, 3.8) is 0 Å². The number of rotatable bonds is 12. The lowest BCUT2D eigenvalue weighted by Gasteiger charge is -2.22. The molecule has 19 heteroatoms. The number of carboxylic acids is 1. The van der Waals surface area contributed by atoms with Crippen molar-refractivity contribution < 1.29 is 42.9 Å². The van der Waals surface area contributed by atoms with E-state index in [1.54, 1.807) is 30.2 Å². The van der Waals surface area contributed by atoms with Gasteiger partial charge in [-0.25, -0.2) is 14.6 Å². The molecule has 1 aliphatic heterocycles. The van der Waals surface area contributed by atoms with Crippen LogP contribution in [0, 0.1) is 0 Å². The van der Waals surface area contributed by atoms with Crippen LogP contribution in [0.5, 0.6) is 0 Å². The molecular formula is C40H45F3N10O6. The van der Waals surface area contributed by atoms with Crippen molar-refractivity contribution in [3.05, 3.63) is 108 Å². The summed E-state index contributed by atoms with van der Waals surface area (Å²) in [6, 6.07) is 22.7. The van der Waals surface area contributed by atoms with Crippen molar-refractivity contribution >= 4 is 40.8 Å². The predicted molar refractivity (Wildman–Crippen MR) is 210 cm³/mol. The maximum atomic E-state index is 12.8. The van der Waals surface area contributed by atoms with Crippen LogP contribution in [0.15, 0.2) is 91.5 Å². The van der Waals surface area contributed by atoms with Gasteiger partial charge in [0.2, 0.25) is 11.9 Å². The molecule has 5 aromatic rings. The second kappa shape index (κ2) is 18.9. The number of carbonyl (C=O) groups is 3. The number of halogens is 3. The van der Waals surface area contributed by atoms with Gasteiger partial charge in [0.25, 0.3) is 0 Å². The number of aliphatic hydroxyl groups is 2. The standard InChI is InChI=1S/C38H44N10O4.C2HF3O2/c1-2-31(49)44-29-18-30(34(51)33(29)50)48-23-42-32-35(40-21-28(25-11-5-3-6-12-25)26-13-7-4-8-14-26)45-37(46-36(32)48)47-17-15-27(22-47)43-38(52)41-20-24-10-9-16-39-19-24;3-2(4,5)1(6)7/h3-14,16,19,23,27-30,33-34,50-51H,2,15,17-18,20-22H2,1H3,(H,44,49)(H,40,45,46)(H2,41,43,52);(H,6,7)/t27-,29+,30-,33-,34+;/m1./s1. The van der Waals surface area contributed by atoms with Gasteiger partial charge < -0.3 is 46.1 Å². The summed E-state index contributed by atoms with van der Waals surface area (Å²) in [5.74, 6) is -1.95. The zero-order valence-electron chi connectivity index (χ0n) is 32.0. The summed E-state index contributed by atoms with van der Waals surface area (Å²) in [4.78, 5) is 54.7. The summed E-state index contributed by atoms with van der Waals surface area (Å²) in [6.07, 6.45) is -1.09. The molecule has 0 spiro atoms. The summed E-state index contributed by atoms with van der Waals surface area (Å²) >= 11 is 0. The van der Waals surface area contributed by atoms with Crippen LogP contribution in [0.25, 0.3) is 11.2 Å². The molecule has 0 bridgehead atoms. The first kappa shape index (κ1) is 42.3. The maximum absolute atomic E-state index is 12.8. The Balaban J connectivity index is 0.000000768. The van der Waals surface area contributed by atoms with E-state index in [0.717, 1.165) is 16.7 Å². The summed E-state index contributed by atoms with van der Waals surface area (Å²) in [5, 5.41) is 41.6. The number of hydrogen-bond donors (Lipinski definition) is 7. The predicted octanol–water partition coefficient (Wildman–Crippen LogP) is 3.74. The largest absolute Gasteiger partial charge is 0.490 e. The Morgan fingerprint density at radius 1 is 0.932 bits per heavy atom. The molecule has 59 heavy (non-hydrogen) atoms. The van der Waals surface area contributed by atoms with Crippen LogP contribution >= 0.6 is 0 Å². The van der Waals surface area contributed by atoms with Crippen LogP contribution in [0.2, 0.25) is 0 Å². The van der Waals surface area contributed by atoms with Crippen molar-refractivity contribution in [1.29, 1.82) is 0 Å². The van der Waals surface area contributed by atoms with E-state index in [4.69, 9.17) is 24.9 Å². The van der Waals surface area contributed by atoms with Gasteiger partial charge in [0, 0.05) is 57.0 Å². The van der Waals surface area contributed by atoms with Crippen molar-refractivity contribution in [2.75, 3.05) is 29.9 Å². The molecule has 0 radical (unpaired) electrons. The highest BCUT2D eigenvalue weighted by molar-refractivity contribution is 5.85. The highest BCUT2D eigenvalue weighted by Crippen LogP contribution is 2.35. The summed E-state index contributed by atoms with van der Waals surface area (Å²) in [5.41, 5.74) is 4.22. The molecule has 5 atom stereocenters. The summed E-state index contributed by atoms with van der Waals surface area (Å²) < 4.78 is 33.5. The number of carbonyl (C=O) groups excluding carboxylic acids is 2. The van der Waals surface area contributed by atoms with Crippen LogP contribution in [-0.2, 0) is 16.1 Å². The van der Waals surface area contributed by atoms with E-state index < -0.39 is 36.4 Å². The molecule has 4 heterocycles. The van der Waals surface area contributed by atoms with Crippen molar-refractivity contribution in [1.82, 2.24) is 40.5 Å². The number of imidazole rings is 1. The molecule has 2 fully saturated rings. The van der Waals surface area contributed by atoms with Crippen LogP contribution in [-0.4, -0.2) is 108 Å². The fourth-order valence-electron chi connectivity index (χ4n) is 7.13. The fraction of sp³-hybridized carbons (Fsp3) is 0.375. The molecule has 7 rings (SSSR count). The minimum atomic E-state index is -5.08. The van der Waals surface area contributed by atoms with E-state index in [2.05, 4.69) is 50.5 Å². The quantitative estimate of drug-likeness (QED) is 0.0958. The van der Waals surface area contributed by atoms with Gasteiger partial charge in [0.1, 0.15) is 12.2 Å². The number of benzene rings is 2. The second-order valence-electron chi connectivity index (χ2n) is 14.2. The molecule has 3 aromatic heterocycles. The Morgan fingerprint density at radius 3 is 2.22 bits per heavy atom. The fourth-order valence-corrected chi connectivity index (χ4v) is 7.13. The molecule has 0 unspecified atom stereocenters. The number of hydrogen-bond acceptors (Lipinski definition) is 11. The van der Waals surface area contributed by atoms with Crippen LogP contribution in [0.1, 0.15) is 54.8 Å². The Bertz CT molecular complexity index is 2140. The van der Waals surface area contributed by atoms with Crippen molar-refractivity contribution in [3.8, 4) is 0 Å². The van der Waals surface area contributed by atoms with Gasteiger partial charge in [-0.1, -0.05) is 73.7 Å². The molecule has 2 aliphatic rings. The SMILES string of the molecule is CCC(=O)N[C@H]1C[C@@H](n2cnc3c(NCC(c4ccccc4)c4ccccc4)nc(N4CC[C@@H](NC(=O)NCc5cccnc5)C4)nc32)[C@H](O)[C@@H]1O.O=C(O)C(F)(F)F. The number of nitrogens with one attached hydrogen (secondary N) is 4. The lowest BCUT2D eigenvalue weighted by atomic mass is 9.91. The van der Waals surface area contributed by atoms with Gasteiger partial charge in [0.05, 0.1) is 18.4 Å². The van der Waals surface area contributed by atoms with Gasteiger partial charge in [0.15, 0.2) is 17.0 Å². The van der Waals surface area contributed by atoms with E-state index in [-0.39, 0.29) is 30.3 Å². The molecule has 3 amide bonds. The first-order chi connectivity index (χ1) is 28.3. The van der Waals surface area contributed by atoms with Crippen molar-refractivity contribution in [2.45, 2.75) is 75.2 Å². The topological polar surface area (TPSA) is 220 Å². The number of urea groups is 1. The average molecular weight is 819 g/mol. The number of alkyl halides is 3. The van der Waals surface area contributed by atoms with Gasteiger partial charge in [-0.15, -0.1) is 0 Å². The highest BCUT2D eigenvalue weighted by Gasteiger charge is 2.44. The number of nitrogens with zero attached hydrogens (tertiary/aromatic N) is 6. The first-order valence-electron chi connectivity index (χ1n) is 19.0. The third-order valence-electron chi connectivity index (χ3n) is 10.2. The normalized spacial score (nSPS) is 20.2. The number of pyridine rings is 1. The van der Waals surface area contributed by atoms with E-state index in [1.807, 2.05) is 53.4 Å². The monoisotopic (exact) mass is 818 g/mol. The number of carboxylic acid groups (broad SMARTS) is 1. The second-order valence-corrected chi connectivity index (χ2v) is 14.2. The molecule has 16 nitrogen and oxygen atoms in total. The minimum absolute atomic E-state index is 0.0123. The van der Waals surface area contributed by atoms with Crippen LogP contribution in [0.4, 0.5) is 29.7 Å². The molecule has 1 saturated carbocycles. The molecule has 312 valence electrons. The lowest BCUT2D eigenvalue weighted by molar-refractivity contribution is -0.192. The number of fused-ring (bicyclic) bond motifs is 1. The Kier molecular flexibility index (Phi) is 13.6. The maximum Gasteiger partial charge on any atom is 0.490 e. The third-order valence-corrected chi connectivity index (χ3v) is 10.2. The number of amides is 3. The highest BCUT2D eigenvalue weighted by atomic mass is 19.4. The summed E-state index contributed by atoms with van der Waals surface area (Å²) in [6.45, 7) is 3.73. The minimum Gasteiger partial charge on any atom is -0.475 e. The first-order valence-corrected chi connectivity index (χ1v) is 19.0. The molecule has 1 aliphatic carbocycles. The zero-order valence-corrected chi connectivity index (χ0v) is 32.0. The summed E-state index contributed by atoms with van der Waals surface area (Å²) in [7, 11) is 0. The van der Waals surface area contributed by atoms with Gasteiger partial charge in [-0.3, -0.25) is 9.78 Å². The molecule has 2 aromatic carbocycles. The smallest absolute Gasteiger partial charge is 0.475 e. The van der Waals surface area contributed by atoms with E-state index in [0.29, 0.717) is 62.0 Å². The zero-order chi connectivity index (χ0) is 42.1. The van der Waals surface area contributed by atoms with Gasteiger partial charge >= 0.3 is 18.2 Å². The van der Waals surface area contributed by atoms with E-state index in [9.17, 15) is 33.0 Å². The number of aromatic nitrogens is 5.